The molecule has 16 nitrogen and oxygen atoms in total. The van der Waals surface area contributed by atoms with Crippen LogP contribution >= 0.6 is 0 Å². The number of nitrogens with zero attached hydrogens (tertiary/aromatic N) is 3. The molecule has 0 aliphatic rings. The molecular formula is C44H73N7O9. The number of carbonyl (C=O) groups is 6. The van der Waals surface area contributed by atoms with Gasteiger partial charge in [-0.05, 0) is 137 Å². The monoisotopic (exact) mass is 844 g/mol. The first-order chi connectivity index (χ1) is 28.1. The Kier molecular flexibility index (Phi) is 24.7. The Balaban J connectivity index is 2.54. The molecule has 1 rings (SSSR count). The Morgan fingerprint density at radius 1 is 0.600 bits per heavy atom. The number of hydrogen-bond donors (Lipinski definition) is 4. The average molecular weight is 844 g/mol. The molecule has 16 heteroatoms. The first-order valence-electron chi connectivity index (χ1n) is 21.4. The minimum absolute atomic E-state index is 0.0761. The van der Waals surface area contributed by atoms with Crippen LogP contribution < -0.4 is 21.3 Å². The van der Waals surface area contributed by atoms with Crippen LogP contribution in [0.15, 0.2) is 29.4 Å². The lowest BCUT2D eigenvalue weighted by Crippen LogP contribution is -2.53. The quantitative estimate of drug-likeness (QED) is 0.0172. The molecule has 2 atom stereocenters. The van der Waals surface area contributed by atoms with Crippen LogP contribution in [0.3, 0.4) is 0 Å². The molecular weight excluding hydrogens is 771 g/mol. The van der Waals surface area contributed by atoms with Gasteiger partial charge in [0, 0.05) is 37.4 Å². The molecule has 0 saturated heterocycles. The van der Waals surface area contributed by atoms with Gasteiger partial charge in [-0.2, -0.15) is 0 Å². The number of esters is 3. The Hall–Kier alpha value is -4.85. The van der Waals surface area contributed by atoms with E-state index in [0.29, 0.717) is 38.9 Å². The molecule has 1 aromatic carbocycles. The molecule has 4 amide bonds. The molecule has 0 saturated carbocycles. The van der Waals surface area contributed by atoms with Gasteiger partial charge in [0.1, 0.15) is 28.9 Å². The van der Waals surface area contributed by atoms with Crippen molar-refractivity contribution in [1.29, 1.82) is 0 Å². The summed E-state index contributed by atoms with van der Waals surface area (Å²) in [6, 6.07) is 4.92. The van der Waals surface area contributed by atoms with Gasteiger partial charge in [-0.15, -0.1) is 0 Å². The van der Waals surface area contributed by atoms with Crippen LogP contribution in [-0.2, 0) is 51.0 Å². The number of rotatable bonds is 27. The second kappa shape index (κ2) is 27.8. The van der Waals surface area contributed by atoms with Crippen molar-refractivity contribution in [2.75, 3.05) is 19.6 Å². The van der Waals surface area contributed by atoms with Crippen molar-refractivity contribution in [3.8, 4) is 0 Å². The number of ether oxygens (including phenoxy) is 3. The summed E-state index contributed by atoms with van der Waals surface area (Å²) in [5, 5.41) is 14.6. The van der Waals surface area contributed by atoms with Crippen LogP contribution in [0, 0.1) is 0 Å². The number of carbonyl (C=O) groups excluding carboxylic acids is 6. The number of azide groups is 1. The number of hydrogen-bond acceptors (Lipinski definition) is 10. The van der Waals surface area contributed by atoms with E-state index in [-0.39, 0.29) is 37.5 Å². The highest BCUT2D eigenvalue weighted by Crippen LogP contribution is 2.16. The van der Waals surface area contributed by atoms with E-state index in [2.05, 4.69) is 31.3 Å². The molecule has 0 bridgehead atoms. The summed E-state index contributed by atoms with van der Waals surface area (Å²) >= 11 is 0. The predicted octanol–water partition coefficient (Wildman–Crippen LogP) is 7.45. The maximum absolute atomic E-state index is 13.2. The van der Waals surface area contributed by atoms with E-state index in [1.165, 1.54) is 5.56 Å². The van der Waals surface area contributed by atoms with Gasteiger partial charge < -0.3 is 35.5 Å². The van der Waals surface area contributed by atoms with Crippen LogP contribution in [0.2, 0.25) is 0 Å². The molecule has 0 unspecified atom stereocenters. The van der Waals surface area contributed by atoms with Gasteiger partial charge in [0.15, 0.2) is 0 Å². The largest absolute Gasteiger partial charge is 0.460 e. The number of unbranched alkanes of at least 4 members (excludes halogenated alkanes) is 6. The van der Waals surface area contributed by atoms with Gasteiger partial charge in [-0.25, -0.2) is 14.4 Å². The zero-order valence-electron chi connectivity index (χ0n) is 37.7. The van der Waals surface area contributed by atoms with Gasteiger partial charge in [0.05, 0.1) is 6.42 Å². The van der Waals surface area contributed by atoms with Gasteiger partial charge in [-0.1, -0.05) is 48.6 Å². The highest BCUT2D eigenvalue weighted by atomic mass is 16.6. The average Bonchev–Trinajstić information content (AvgIpc) is 3.12. The summed E-state index contributed by atoms with van der Waals surface area (Å²) in [5.74, 6) is -1.96. The summed E-state index contributed by atoms with van der Waals surface area (Å²) in [6.07, 6.45) is 9.15. The lowest BCUT2D eigenvalue weighted by molar-refractivity contribution is -0.159. The van der Waals surface area contributed by atoms with Gasteiger partial charge in [0.2, 0.25) is 11.8 Å². The molecule has 338 valence electrons. The van der Waals surface area contributed by atoms with E-state index in [4.69, 9.17) is 19.7 Å². The van der Waals surface area contributed by atoms with E-state index < -0.39 is 52.8 Å². The minimum Gasteiger partial charge on any atom is -0.460 e. The van der Waals surface area contributed by atoms with Crippen molar-refractivity contribution in [2.45, 2.75) is 188 Å². The van der Waals surface area contributed by atoms with Crippen LogP contribution in [0.25, 0.3) is 10.4 Å². The fourth-order valence-electron chi connectivity index (χ4n) is 5.84. The van der Waals surface area contributed by atoms with Crippen molar-refractivity contribution in [3.05, 3.63) is 45.8 Å². The van der Waals surface area contributed by atoms with Crippen molar-refractivity contribution < 1.29 is 43.0 Å². The normalized spacial score (nSPS) is 12.6. The third-order valence-electron chi connectivity index (χ3n) is 8.62. The molecule has 0 radical (unpaired) electrons. The second-order valence-electron chi connectivity index (χ2n) is 18.0. The summed E-state index contributed by atoms with van der Waals surface area (Å²) in [7, 11) is 0. The zero-order chi connectivity index (χ0) is 45.2. The highest BCUT2D eigenvalue weighted by molar-refractivity contribution is 5.87. The van der Waals surface area contributed by atoms with E-state index >= 15 is 0 Å². The highest BCUT2D eigenvalue weighted by Gasteiger charge is 2.31. The molecule has 60 heavy (non-hydrogen) atoms. The smallest absolute Gasteiger partial charge is 0.329 e. The lowest BCUT2D eigenvalue weighted by Gasteiger charge is -2.27. The fourth-order valence-corrected chi connectivity index (χ4v) is 5.84. The van der Waals surface area contributed by atoms with Crippen LogP contribution in [0.5, 0.6) is 0 Å². The fraction of sp³-hybridized carbons (Fsp3) is 0.727. The number of benzene rings is 1. The van der Waals surface area contributed by atoms with Crippen LogP contribution in [0.1, 0.15) is 157 Å². The van der Waals surface area contributed by atoms with Crippen molar-refractivity contribution in [1.82, 2.24) is 21.3 Å². The zero-order valence-corrected chi connectivity index (χ0v) is 37.7. The molecule has 0 spiro atoms. The minimum atomic E-state index is -1.19. The Morgan fingerprint density at radius 3 is 1.67 bits per heavy atom. The van der Waals surface area contributed by atoms with E-state index in [0.717, 1.165) is 56.9 Å². The van der Waals surface area contributed by atoms with Gasteiger partial charge in [0.25, 0.3) is 0 Å². The summed E-state index contributed by atoms with van der Waals surface area (Å²) in [6.45, 7) is 17.0. The number of amides is 4. The van der Waals surface area contributed by atoms with E-state index in [1.54, 1.807) is 62.3 Å². The summed E-state index contributed by atoms with van der Waals surface area (Å²) in [4.78, 5) is 79.2. The maximum atomic E-state index is 13.2. The summed E-state index contributed by atoms with van der Waals surface area (Å²) in [5.41, 5.74) is 7.96. The summed E-state index contributed by atoms with van der Waals surface area (Å²) < 4.78 is 16.4. The molecule has 4 N–H and O–H groups in total. The third kappa shape index (κ3) is 28.6. The Morgan fingerprint density at radius 2 is 1.10 bits per heavy atom. The topological polar surface area (TPSA) is 227 Å². The first kappa shape index (κ1) is 53.2. The van der Waals surface area contributed by atoms with E-state index in [1.807, 2.05) is 24.3 Å². The lowest BCUT2D eigenvalue weighted by atomic mass is 10.0. The SMILES string of the molecule is CC(C)(C)OC(=O)CC[C@H](NC(=O)N[C@@H](CCCCNC(=O)Cc1ccc(CCCCCC(=O)NCCCCCCN=[N+]=[N-])cc1)C(=O)OC(C)(C)C)C(=O)OC(C)(C)C. The van der Waals surface area contributed by atoms with Crippen molar-refractivity contribution in [3.63, 3.8) is 0 Å². The molecule has 0 heterocycles. The standard InChI is InChI=1S/C44H73N7O9/c1-42(2,3)58-38(54)27-26-35(40(56)60-44(7,8)9)50-41(57)49-34(39(55)59-43(4,5)6)20-15-18-29-47-37(53)31-33-24-22-32(23-25-33)19-13-12-14-21-36(52)46-28-16-10-11-17-30-48-51-45/h22-25,34-35H,10-21,26-31H2,1-9H3,(H,46,52)(H,47,53)(H2,49,50,57)/t34-,35-/m0/s1. The molecule has 0 aliphatic heterocycles. The molecule has 0 aliphatic carbocycles. The molecule has 0 aromatic heterocycles. The van der Waals surface area contributed by atoms with Crippen LogP contribution in [0.4, 0.5) is 4.79 Å². The maximum Gasteiger partial charge on any atom is 0.329 e. The first-order valence-corrected chi connectivity index (χ1v) is 21.4. The van der Waals surface area contributed by atoms with Gasteiger partial charge in [-0.3, -0.25) is 14.4 Å². The van der Waals surface area contributed by atoms with Crippen molar-refractivity contribution in [2.24, 2.45) is 5.11 Å². The third-order valence-corrected chi connectivity index (χ3v) is 8.62. The molecule has 0 fully saturated rings. The van der Waals surface area contributed by atoms with Crippen molar-refractivity contribution >= 4 is 35.8 Å². The Bertz CT molecular complexity index is 1540. The number of nitrogens with one attached hydrogen (secondary N) is 4. The number of aryl methyl sites for hydroxylation is 1. The molecule has 1 aromatic rings. The predicted molar refractivity (Wildman–Crippen MR) is 231 cm³/mol. The second-order valence-corrected chi connectivity index (χ2v) is 18.0. The van der Waals surface area contributed by atoms with E-state index in [9.17, 15) is 28.8 Å². The number of urea groups is 1. The van der Waals surface area contributed by atoms with Gasteiger partial charge >= 0.3 is 23.9 Å². The Labute approximate surface area is 357 Å². The van der Waals surface area contributed by atoms with Crippen LogP contribution in [-0.4, -0.2) is 84.3 Å².